The van der Waals surface area contributed by atoms with Crippen molar-refractivity contribution >= 4 is 35.3 Å². The number of nitrogens with one attached hydrogen (secondary N) is 2. The smallest absolute Gasteiger partial charge is 0.273 e. The minimum absolute atomic E-state index is 0.0739. The minimum atomic E-state index is -0.497. The van der Waals surface area contributed by atoms with Gasteiger partial charge in [0, 0.05) is 23.7 Å². The van der Waals surface area contributed by atoms with Gasteiger partial charge in [0.15, 0.2) is 0 Å². The van der Waals surface area contributed by atoms with Crippen molar-refractivity contribution in [3.63, 3.8) is 0 Å². The molecule has 0 radical (unpaired) electrons. The summed E-state index contributed by atoms with van der Waals surface area (Å²) in [5.41, 5.74) is 6.36. The van der Waals surface area contributed by atoms with Gasteiger partial charge in [-0.1, -0.05) is 60.5 Å². The maximum atomic E-state index is 13.0. The summed E-state index contributed by atoms with van der Waals surface area (Å²) >= 11 is 6.12. The largest absolute Gasteiger partial charge is 0.395 e. The van der Waals surface area contributed by atoms with E-state index >= 15 is 0 Å². The predicted molar refractivity (Wildman–Crippen MR) is 140 cm³/mol. The van der Waals surface area contributed by atoms with Crippen LogP contribution in [0.1, 0.15) is 44.3 Å². The summed E-state index contributed by atoms with van der Waals surface area (Å²) < 4.78 is 0. The van der Waals surface area contributed by atoms with Crippen LogP contribution in [0.4, 0.5) is 5.69 Å². The number of benzene rings is 3. The summed E-state index contributed by atoms with van der Waals surface area (Å²) in [6, 6.07) is 19.6. The molecule has 3 aromatic carbocycles. The summed E-state index contributed by atoms with van der Waals surface area (Å²) in [7, 11) is 0. The minimum Gasteiger partial charge on any atom is -0.395 e. The van der Waals surface area contributed by atoms with Crippen LogP contribution in [0, 0.1) is 6.92 Å². The Hall–Kier alpha value is -3.52. The number of carbonyl (C=O) groups excluding carboxylic acids is 2. The Morgan fingerprint density at radius 3 is 2.60 bits per heavy atom. The maximum absolute atomic E-state index is 13.0. The molecule has 3 rings (SSSR count). The van der Waals surface area contributed by atoms with Gasteiger partial charge in [-0.05, 0) is 54.9 Å². The molecule has 8 heteroatoms. The van der Waals surface area contributed by atoms with Crippen molar-refractivity contribution in [3.05, 3.63) is 99.6 Å². The lowest BCUT2D eigenvalue weighted by atomic mass is 10.1. The van der Waals surface area contributed by atoms with E-state index in [-0.39, 0.29) is 18.1 Å². The number of aliphatic hydroxyl groups is 1. The molecule has 0 aromatic heterocycles. The van der Waals surface area contributed by atoms with E-state index in [0.717, 1.165) is 23.2 Å². The molecule has 7 nitrogen and oxygen atoms in total. The number of halogens is 1. The van der Waals surface area contributed by atoms with E-state index in [1.54, 1.807) is 30.5 Å². The van der Waals surface area contributed by atoms with Gasteiger partial charge in [0.05, 0.1) is 24.1 Å². The monoisotopic (exact) mass is 492 g/mol. The second-order valence-corrected chi connectivity index (χ2v) is 8.49. The van der Waals surface area contributed by atoms with Gasteiger partial charge in [-0.15, -0.1) is 0 Å². The molecule has 0 saturated carbocycles. The standard InChI is InChI=1S/C27H29ClN4O3/c1-3-32(12-13-33)18-21-8-5-9-22(15-21)26(34)30-25-11-10-23(28)16-24(25)27(35)31-29-17-20-7-4-6-19(2)14-20/h4-11,14-17,33H,3,12-13,18H2,1-2H3,(H,30,34)(H,31,35). The van der Waals surface area contributed by atoms with Crippen LogP contribution in [0.25, 0.3) is 0 Å². The highest BCUT2D eigenvalue weighted by Crippen LogP contribution is 2.22. The lowest BCUT2D eigenvalue weighted by Gasteiger charge is -2.19. The second-order valence-electron chi connectivity index (χ2n) is 8.05. The van der Waals surface area contributed by atoms with E-state index in [1.165, 1.54) is 6.07 Å². The highest BCUT2D eigenvalue weighted by atomic mass is 35.5. The topological polar surface area (TPSA) is 94.0 Å². The molecule has 0 heterocycles. The molecule has 0 unspecified atom stereocenters. The van der Waals surface area contributed by atoms with Gasteiger partial charge in [0.25, 0.3) is 11.8 Å². The molecule has 0 atom stereocenters. The number of anilines is 1. The van der Waals surface area contributed by atoms with Crippen LogP contribution >= 0.6 is 11.6 Å². The average Bonchev–Trinajstić information content (AvgIpc) is 2.85. The zero-order chi connectivity index (χ0) is 25.2. The molecular weight excluding hydrogens is 464 g/mol. The lowest BCUT2D eigenvalue weighted by molar-refractivity contribution is 0.0956. The molecule has 0 aliphatic rings. The van der Waals surface area contributed by atoms with E-state index in [2.05, 4.69) is 20.7 Å². The number of aliphatic hydroxyl groups excluding tert-OH is 1. The van der Waals surface area contributed by atoms with E-state index in [9.17, 15) is 14.7 Å². The molecule has 182 valence electrons. The van der Waals surface area contributed by atoms with Crippen molar-refractivity contribution in [3.8, 4) is 0 Å². The third kappa shape index (κ3) is 7.75. The van der Waals surface area contributed by atoms with Crippen LogP contribution in [0.15, 0.2) is 71.8 Å². The van der Waals surface area contributed by atoms with Crippen LogP contribution in [-0.4, -0.2) is 47.7 Å². The van der Waals surface area contributed by atoms with Crippen molar-refractivity contribution in [2.45, 2.75) is 20.4 Å². The molecule has 0 bridgehead atoms. The fourth-order valence-corrected chi connectivity index (χ4v) is 3.72. The summed E-state index contributed by atoms with van der Waals surface area (Å²) in [4.78, 5) is 27.9. The van der Waals surface area contributed by atoms with Crippen LogP contribution in [-0.2, 0) is 6.54 Å². The van der Waals surface area contributed by atoms with Gasteiger partial charge in [0.1, 0.15) is 0 Å². The van der Waals surface area contributed by atoms with E-state index in [4.69, 9.17) is 11.6 Å². The first kappa shape index (κ1) is 26.1. The Bertz CT molecular complexity index is 1210. The first-order valence-electron chi connectivity index (χ1n) is 11.3. The van der Waals surface area contributed by atoms with Gasteiger partial charge in [-0.25, -0.2) is 5.43 Å². The lowest BCUT2D eigenvalue weighted by Crippen LogP contribution is -2.26. The van der Waals surface area contributed by atoms with Crippen molar-refractivity contribution in [1.82, 2.24) is 10.3 Å². The first-order chi connectivity index (χ1) is 16.9. The Morgan fingerprint density at radius 1 is 1.06 bits per heavy atom. The molecule has 0 aliphatic carbocycles. The van der Waals surface area contributed by atoms with E-state index in [1.807, 2.05) is 50.2 Å². The molecule has 3 aromatic rings. The van der Waals surface area contributed by atoms with Crippen molar-refractivity contribution in [2.75, 3.05) is 25.0 Å². The third-order valence-electron chi connectivity index (χ3n) is 5.36. The Labute approximate surface area is 210 Å². The number of hydrogen-bond acceptors (Lipinski definition) is 5. The predicted octanol–water partition coefficient (Wildman–Crippen LogP) is 4.48. The number of hydrogen-bond donors (Lipinski definition) is 3. The van der Waals surface area contributed by atoms with Gasteiger partial charge in [-0.2, -0.15) is 5.10 Å². The number of nitrogens with zero attached hydrogens (tertiary/aromatic N) is 2. The van der Waals surface area contributed by atoms with Gasteiger partial charge in [-0.3, -0.25) is 14.5 Å². The molecular formula is C27H29ClN4O3. The van der Waals surface area contributed by atoms with E-state index in [0.29, 0.717) is 29.4 Å². The molecule has 2 amide bonds. The fourth-order valence-electron chi connectivity index (χ4n) is 3.54. The van der Waals surface area contributed by atoms with Crippen molar-refractivity contribution in [1.29, 1.82) is 0 Å². The normalized spacial score (nSPS) is 11.1. The van der Waals surface area contributed by atoms with Crippen molar-refractivity contribution in [2.24, 2.45) is 5.10 Å². The molecule has 0 saturated heterocycles. The summed E-state index contributed by atoms with van der Waals surface area (Å²) in [5, 5.41) is 16.4. The summed E-state index contributed by atoms with van der Waals surface area (Å²) in [5.74, 6) is -0.847. The van der Waals surface area contributed by atoms with Gasteiger partial charge < -0.3 is 10.4 Å². The van der Waals surface area contributed by atoms with Crippen LogP contribution < -0.4 is 10.7 Å². The quantitative estimate of drug-likeness (QED) is 0.287. The highest BCUT2D eigenvalue weighted by molar-refractivity contribution is 6.31. The maximum Gasteiger partial charge on any atom is 0.273 e. The molecule has 0 aliphatic heterocycles. The second kappa shape index (κ2) is 12.8. The number of aryl methyl sites for hydroxylation is 1. The number of rotatable bonds is 10. The average molecular weight is 493 g/mol. The number of likely N-dealkylation sites (N-methyl/N-ethyl adjacent to an activating group) is 1. The Balaban J connectivity index is 1.73. The fraction of sp³-hybridized carbons (Fsp3) is 0.222. The summed E-state index contributed by atoms with van der Waals surface area (Å²) in [6.45, 7) is 6.02. The Morgan fingerprint density at radius 2 is 1.86 bits per heavy atom. The molecule has 3 N–H and O–H groups in total. The number of carbonyl (C=O) groups is 2. The van der Waals surface area contributed by atoms with Crippen LogP contribution in [0.3, 0.4) is 0 Å². The van der Waals surface area contributed by atoms with Crippen LogP contribution in [0.5, 0.6) is 0 Å². The zero-order valence-corrected chi connectivity index (χ0v) is 20.5. The third-order valence-corrected chi connectivity index (χ3v) is 5.59. The van der Waals surface area contributed by atoms with E-state index < -0.39 is 5.91 Å². The molecule has 0 fully saturated rings. The SMILES string of the molecule is CCN(CCO)Cc1cccc(C(=O)Nc2ccc(Cl)cc2C(=O)NN=Cc2cccc(C)c2)c1. The highest BCUT2D eigenvalue weighted by Gasteiger charge is 2.16. The molecule has 35 heavy (non-hydrogen) atoms. The first-order valence-corrected chi connectivity index (χ1v) is 11.7. The summed E-state index contributed by atoms with van der Waals surface area (Å²) in [6.07, 6.45) is 1.55. The van der Waals surface area contributed by atoms with Crippen LogP contribution in [0.2, 0.25) is 5.02 Å². The molecule has 0 spiro atoms. The van der Waals surface area contributed by atoms with Crippen molar-refractivity contribution < 1.29 is 14.7 Å². The van der Waals surface area contributed by atoms with Gasteiger partial charge >= 0.3 is 0 Å². The zero-order valence-electron chi connectivity index (χ0n) is 19.8. The van der Waals surface area contributed by atoms with Gasteiger partial charge in [0.2, 0.25) is 0 Å². The number of hydrazone groups is 1. The Kier molecular flexibility index (Phi) is 9.55. The number of amides is 2.